The molecule has 0 heterocycles. The van der Waals surface area contributed by atoms with Gasteiger partial charge >= 0.3 is 749 Å². The van der Waals surface area contributed by atoms with E-state index in [0.717, 1.165) is 13.8 Å². The first kappa shape index (κ1) is 243. The minimum Gasteiger partial charge on any atom is -0.550 e. The first-order valence-corrected chi connectivity index (χ1v) is 1.82. The third-order valence-corrected chi connectivity index (χ3v) is 0. The zero-order valence-electron chi connectivity index (χ0n) is 21.4. The van der Waals surface area contributed by atoms with Crippen LogP contribution in [-0.4, -0.2) is 761 Å². The van der Waals surface area contributed by atoms with Gasteiger partial charge in [0.25, 0.3) is 0 Å². The number of hydrogen-bond donors (Lipinski definition) is 0. The van der Waals surface area contributed by atoms with Crippen LogP contribution in [0.15, 0.2) is 0 Å². The van der Waals surface area contributed by atoms with Crippen molar-refractivity contribution in [2.75, 3.05) is 0 Å². The fourth-order valence-corrected chi connectivity index (χ4v) is 0. The Labute approximate surface area is 769 Å². The predicted molar refractivity (Wildman–Crippen MR) is 188 cm³/mol. The van der Waals surface area contributed by atoms with Crippen molar-refractivity contribution in [1.29, 1.82) is 0 Å². The molecule has 4 nitrogen and oxygen atoms in total. The molecule has 0 atom stereocenters. The molecule has 37 heavy (non-hydrogen) atoms. The van der Waals surface area contributed by atoms with Crippen molar-refractivity contribution in [1.82, 2.24) is 0 Å². The van der Waals surface area contributed by atoms with Crippen LogP contribution >= 0.6 is 0 Å². The maximum atomic E-state index is 8.89. The molecule has 48 valence electrons. The van der Waals surface area contributed by atoms with Crippen molar-refractivity contribution in [2.24, 2.45) is 0 Å². The summed E-state index contributed by atoms with van der Waals surface area (Å²) in [4.78, 5) is 17.8. The van der Waals surface area contributed by atoms with E-state index in [9.17, 15) is 0 Å². The molecule has 0 radical (unpaired) electrons. The first-order valence-electron chi connectivity index (χ1n) is 1.82. The summed E-state index contributed by atoms with van der Waals surface area (Å²) >= 11 is 0. The Morgan fingerprint density at radius 1 is 0.243 bits per heavy atom. The molecule has 33 heteroatoms. The number of carbonyl (C=O) groups excluding carboxylic acids is 2. The second kappa shape index (κ2) is 231. The second-order valence-electron chi connectivity index (χ2n) is 0.983. The summed E-state index contributed by atoms with van der Waals surface area (Å²) in [6.45, 7) is 1.94. The Balaban J connectivity index is -0.000000000376. The molecule has 0 fully saturated rings. The maximum absolute atomic E-state index is 8.89. The molecule has 0 aliphatic rings. The third-order valence-electron chi connectivity index (χ3n) is 0. The molecule has 0 aromatic carbocycles. The fourth-order valence-electron chi connectivity index (χ4n) is 0. The van der Waals surface area contributed by atoms with Crippen LogP contribution in [0, 0.1) is 0 Å². The topological polar surface area (TPSA) is 80.3 Å². The van der Waals surface area contributed by atoms with Gasteiger partial charge in [0.2, 0.25) is 0 Å². The molecule has 0 spiro atoms. The SMILES string of the molecule is CC(=O)[O-].CC(=O)[O-].[In+3].[In+3].[In+3].[In+3].[In+3].[In+3].[In+3].[In+3].[In+3].[In+3].[In+3].[In+3].[In+3].[In+3].[In+3].[In+3].[In+3].[In+3].[In+3].[In+3].[In+3].[In+3].[In+3].[In+3].[In+3].[In+3].[In+3].[In+3].[In+3]. The van der Waals surface area contributed by atoms with Crippen molar-refractivity contribution in [3.05, 3.63) is 0 Å². The summed E-state index contributed by atoms with van der Waals surface area (Å²) in [5.41, 5.74) is 0. The van der Waals surface area contributed by atoms with Gasteiger partial charge < -0.3 is 19.8 Å². The quantitative estimate of drug-likeness (QED) is 0.242. The molecule has 0 bridgehead atoms. The van der Waals surface area contributed by atoms with Crippen LogP contribution in [0.4, 0.5) is 0 Å². The molecule has 0 N–H and O–H groups in total. The van der Waals surface area contributed by atoms with Gasteiger partial charge in [-0.3, -0.25) is 0 Å². The van der Waals surface area contributed by atoms with Crippen molar-refractivity contribution in [3.63, 3.8) is 0 Å². The van der Waals surface area contributed by atoms with E-state index in [-0.39, 0.29) is 749 Å². The minimum atomic E-state index is -1.08. The summed E-state index contributed by atoms with van der Waals surface area (Å²) in [7, 11) is 0. The average molecular weight is 3450 g/mol. The normalized spacial score (nSPS) is 1.35. The van der Waals surface area contributed by atoms with Gasteiger partial charge in [-0.15, -0.1) is 0 Å². The zero-order chi connectivity index (χ0) is 7.15. The van der Waals surface area contributed by atoms with E-state index in [2.05, 4.69) is 0 Å². The Kier molecular flexibility index (Phi) is 1520. The molecule has 0 saturated heterocycles. The van der Waals surface area contributed by atoms with Gasteiger partial charge in [-0.2, -0.15) is 0 Å². The fraction of sp³-hybridized carbons (Fsp3) is 0.500. The number of carboxylic acid groups (broad SMARTS) is 2. The molecule has 0 aliphatic carbocycles. The van der Waals surface area contributed by atoms with E-state index in [1.165, 1.54) is 0 Å². The summed E-state index contributed by atoms with van der Waals surface area (Å²) in [6, 6.07) is 0. The van der Waals surface area contributed by atoms with Crippen LogP contribution in [0.2, 0.25) is 0 Å². The van der Waals surface area contributed by atoms with Crippen molar-refractivity contribution >= 4 is 761 Å². The largest absolute Gasteiger partial charge is 3.00 e. The van der Waals surface area contributed by atoms with Crippen LogP contribution in [-0.2, 0) is 9.59 Å². The van der Waals surface area contributed by atoms with E-state index in [4.69, 9.17) is 19.8 Å². The van der Waals surface area contributed by atoms with Crippen LogP contribution in [0.25, 0.3) is 0 Å². The Hall–Kier alpha value is 24.2. The second-order valence-corrected chi connectivity index (χ2v) is 0.983. The first-order chi connectivity index (χ1) is 3.46. The average Bonchev–Trinajstić information content (AvgIpc) is 1.25. The smallest absolute Gasteiger partial charge is 0.550 e. The molecule has 0 aromatic heterocycles. The van der Waals surface area contributed by atoms with Gasteiger partial charge in [-0.1, -0.05) is 0 Å². The molecular weight excluding hydrogens is 3440 g/mol. The molecular formula is C4H6In29O4+85. The van der Waals surface area contributed by atoms with Crippen LogP contribution in [0.3, 0.4) is 0 Å². The Morgan fingerprint density at radius 2 is 0.243 bits per heavy atom. The van der Waals surface area contributed by atoms with E-state index < -0.39 is 11.9 Å². The number of rotatable bonds is 0. The summed E-state index contributed by atoms with van der Waals surface area (Å²) in [5, 5.41) is 17.8. The van der Waals surface area contributed by atoms with Gasteiger partial charge in [0.05, 0.1) is 0 Å². The molecule has 0 amide bonds. The number of aliphatic carboxylic acids is 2. The molecule has 0 unspecified atom stereocenters. The van der Waals surface area contributed by atoms with Crippen LogP contribution in [0.5, 0.6) is 0 Å². The Bertz CT molecular complexity index is 93.9. The van der Waals surface area contributed by atoms with E-state index in [1.807, 2.05) is 0 Å². The van der Waals surface area contributed by atoms with Crippen LogP contribution in [0.1, 0.15) is 13.8 Å². The van der Waals surface area contributed by atoms with Crippen molar-refractivity contribution < 1.29 is 19.8 Å². The van der Waals surface area contributed by atoms with Gasteiger partial charge in [0, 0.05) is 11.9 Å². The number of carbonyl (C=O) groups is 2. The molecule has 0 rings (SSSR count). The van der Waals surface area contributed by atoms with Gasteiger partial charge in [0.1, 0.15) is 0 Å². The third kappa shape index (κ3) is 348. The monoisotopic (exact) mass is 3450 g/mol. The van der Waals surface area contributed by atoms with Crippen molar-refractivity contribution in [3.8, 4) is 0 Å². The summed E-state index contributed by atoms with van der Waals surface area (Å²) < 4.78 is 0. The van der Waals surface area contributed by atoms with E-state index >= 15 is 0 Å². The molecule has 0 aliphatic heterocycles. The molecule has 0 aromatic rings. The summed E-state index contributed by atoms with van der Waals surface area (Å²) in [6.07, 6.45) is 0. The Morgan fingerprint density at radius 3 is 0.243 bits per heavy atom. The predicted octanol–water partition coefficient (Wildman–Crippen LogP) is -13.5. The van der Waals surface area contributed by atoms with Gasteiger partial charge in [-0.25, -0.2) is 0 Å². The standard InChI is InChI=1S/2C2H4O2.29In/c2*1-2(3)4;;;;;;;;;;;;;;;;;;;;;;;;;;;;;/h2*1H3,(H,3,4);;;;;;;;;;;;;;;;;;;;;;;;;;;;;/q;;29*+3/p-2. The van der Waals surface area contributed by atoms with Crippen LogP contribution < -0.4 is 10.2 Å². The van der Waals surface area contributed by atoms with Gasteiger partial charge in [-0.05, 0) is 13.8 Å². The summed E-state index contributed by atoms with van der Waals surface area (Å²) in [5.74, 6) is -2.17. The zero-order valence-corrected chi connectivity index (χ0v) is 117. The maximum Gasteiger partial charge on any atom is 3.00 e. The molecule has 0 saturated carbocycles. The minimum absolute atomic E-state index is 0. The van der Waals surface area contributed by atoms with Crippen molar-refractivity contribution in [2.45, 2.75) is 13.8 Å². The number of hydrogen-bond acceptors (Lipinski definition) is 4. The number of carboxylic acids is 2. The van der Waals surface area contributed by atoms with E-state index in [1.54, 1.807) is 0 Å². The van der Waals surface area contributed by atoms with Gasteiger partial charge in [0.15, 0.2) is 0 Å². The van der Waals surface area contributed by atoms with E-state index in [0.29, 0.717) is 0 Å².